The van der Waals surface area contributed by atoms with E-state index in [9.17, 15) is 0 Å². The summed E-state index contributed by atoms with van der Waals surface area (Å²) in [5, 5.41) is 8.91. The molecule has 13 heavy (non-hydrogen) atoms. The molecule has 0 amide bonds. The van der Waals surface area contributed by atoms with E-state index in [1.54, 1.807) is 6.20 Å². The Kier molecular flexibility index (Phi) is 1.82. The molecule has 2 heterocycles. The number of hydrogen-bond acceptors (Lipinski definition) is 5. The first kappa shape index (κ1) is 7.93. The van der Waals surface area contributed by atoms with E-state index in [4.69, 9.17) is 9.84 Å². The Balaban J connectivity index is 2.64. The maximum absolute atomic E-state index is 8.91. The van der Waals surface area contributed by atoms with Crippen LogP contribution in [-0.4, -0.2) is 31.7 Å². The molecule has 0 bridgehead atoms. The highest BCUT2D eigenvalue weighted by Crippen LogP contribution is 2.11. The van der Waals surface area contributed by atoms with Crippen LogP contribution < -0.4 is 4.74 Å². The van der Waals surface area contributed by atoms with E-state index in [0.717, 1.165) is 0 Å². The summed E-state index contributed by atoms with van der Waals surface area (Å²) in [6.07, 6.45) is 3.05. The first-order chi connectivity index (χ1) is 6.35. The van der Waals surface area contributed by atoms with Crippen molar-refractivity contribution in [1.82, 2.24) is 19.5 Å². The van der Waals surface area contributed by atoms with E-state index < -0.39 is 0 Å². The fourth-order valence-electron chi connectivity index (χ4n) is 1.04. The number of aromatic nitrogens is 4. The Morgan fingerprint density at radius 2 is 2.38 bits per heavy atom. The normalized spacial score (nSPS) is 10.6. The van der Waals surface area contributed by atoms with E-state index >= 15 is 0 Å². The largest absolute Gasteiger partial charge is 0.467 e. The molecule has 2 aromatic heterocycles. The summed E-state index contributed by atoms with van der Waals surface area (Å²) in [6.45, 7) is -0.156. The Morgan fingerprint density at radius 1 is 1.54 bits per heavy atom. The lowest BCUT2D eigenvalue weighted by molar-refractivity contribution is 0.214. The molecule has 0 radical (unpaired) electrons. The molecule has 0 spiro atoms. The van der Waals surface area contributed by atoms with E-state index in [2.05, 4.69) is 15.0 Å². The lowest BCUT2D eigenvalue weighted by atomic mass is 10.5. The van der Waals surface area contributed by atoms with Crippen molar-refractivity contribution in [3.63, 3.8) is 0 Å². The quantitative estimate of drug-likeness (QED) is 0.691. The van der Waals surface area contributed by atoms with Crippen LogP contribution in [0.25, 0.3) is 11.2 Å². The van der Waals surface area contributed by atoms with Gasteiger partial charge in [-0.3, -0.25) is 4.57 Å². The van der Waals surface area contributed by atoms with Crippen LogP contribution in [0.15, 0.2) is 12.5 Å². The van der Waals surface area contributed by atoms with E-state index in [-0.39, 0.29) is 12.7 Å². The molecule has 0 atom stereocenters. The van der Waals surface area contributed by atoms with E-state index in [1.165, 1.54) is 18.0 Å². The molecule has 68 valence electrons. The maximum Gasteiger partial charge on any atom is 0.318 e. The van der Waals surface area contributed by atoms with Crippen LogP contribution in [0.1, 0.15) is 0 Å². The molecule has 6 heteroatoms. The van der Waals surface area contributed by atoms with Crippen molar-refractivity contribution in [1.29, 1.82) is 0 Å². The number of ether oxygens (including phenoxy) is 1. The molecule has 0 saturated heterocycles. The predicted octanol–water partition coefficient (Wildman–Crippen LogP) is -0.215. The SMILES string of the molecule is COc1ncc2ncn(CO)c2n1. The van der Waals surface area contributed by atoms with Gasteiger partial charge in [-0.05, 0) is 0 Å². The Morgan fingerprint density at radius 3 is 3.08 bits per heavy atom. The fourth-order valence-corrected chi connectivity index (χ4v) is 1.04. The van der Waals surface area contributed by atoms with Crippen molar-refractivity contribution < 1.29 is 9.84 Å². The second kappa shape index (κ2) is 2.98. The minimum atomic E-state index is -0.156. The van der Waals surface area contributed by atoms with E-state index in [0.29, 0.717) is 11.2 Å². The van der Waals surface area contributed by atoms with Crippen molar-refractivity contribution in [3.05, 3.63) is 12.5 Å². The van der Waals surface area contributed by atoms with Gasteiger partial charge in [-0.15, -0.1) is 0 Å². The molecule has 2 aromatic rings. The van der Waals surface area contributed by atoms with Gasteiger partial charge in [0.1, 0.15) is 12.2 Å². The van der Waals surface area contributed by atoms with Gasteiger partial charge >= 0.3 is 6.01 Å². The highest BCUT2D eigenvalue weighted by atomic mass is 16.5. The third-order valence-corrected chi connectivity index (χ3v) is 1.67. The lowest BCUT2D eigenvalue weighted by Crippen LogP contribution is -1.98. The number of hydrogen-bond donors (Lipinski definition) is 1. The first-order valence-corrected chi connectivity index (χ1v) is 3.68. The van der Waals surface area contributed by atoms with Gasteiger partial charge in [0.2, 0.25) is 0 Å². The number of fused-ring (bicyclic) bond motifs is 1. The number of aliphatic hydroxyl groups is 1. The topological polar surface area (TPSA) is 73.1 Å². The zero-order valence-electron chi connectivity index (χ0n) is 7.01. The van der Waals surface area contributed by atoms with Gasteiger partial charge in [-0.25, -0.2) is 9.97 Å². The molecule has 0 aliphatic carbocycles. The summed E-state index contributed by atoms with van der Waals surface area (Å²) in [7, 11) is 1.49. The summed E-state index contributed by atoms with van der Waals surface area (Å²) in [4.78, 5) is 11.9. The first-order valence-electron chi connectivity index (χ1n) is 3.68. The number of imidazole rings is 1. The molecule has 1 N–H and O–H groups in total. The molecule has 6 nitrogen and oxygen atoms in total. The van der Waals surface area contributed by atoms with Gasteiger partial charge in [-0.1, -0.05) is 0 Å². The van der Waals surface area contributed by atoms with Crippen molar-refractivity contribution in [2.75, 3.05) is 7.11 Å². The Bertz CT molecular complexity index is 425. The zero-order chi connectivity index (χ0) is 9.26. The maximum atomic E-state index is 8.91. The predicted molar refractivity (Wildman–Crippen MR) is 44.1 cm³/mol. The number of aliphatic hydroxyl groups excluding tert-OH is 1. The van der Waals surface area contributed by atoms with E-state index in [1.807, 2.05) is 0 Å². The molecule has 0 aromatic carbocycles. The van der Waals surface area contributed by atoms with Crippen LogP contribution in [0.3, 0.4) is 0 Å². The number of rotatable bonds is 2. The smallest absolute Gasteiger partial charge is 0.318 e. The monoisotopic (exact) mass is 180 g/mol. The van der Waals surface area contributed by atoms with Crippen LogP contribution in [-0.2, 0) is 6.73 Å². The third-order valence-electron chi connectivity index (χ3n) is 1.67. The van der Waals surface area contributed by atoms with Gasteiger partial charge < -0.3 is 9.84 Å². The van der Waals surface area contributed by atoms with Crippen LogP contribution in [0.2, 0.25) is 0 Å². The minimum Gasteiger partial charge on any atom is -0.467 e. The molecule has 0 aliphatic rings. The Labute approximate surface area is 73.8 Å². The molecule has 0 saturated carbocycles. The molecule has 2 rings (SSSR count). The fraction of sp³-hybridized carbons (Fsp3) is 0.286. The second-order valence-electron chi connectivity index (χ2n) is 2.42. The summed E-state index contributed by atoms with van der Waals surface area (Å²) in [6, 6.07) is 0.266. The molecule has 0 aliphatic heterocycles. The zero-order valence-corrected chi connectivity index (χ0v) is 7.01. The van der Waals surface area contributed by atoms with Crippen LogP contribution in [0.5, 0.6) is 6.01 Å². The summed E-state index contributed by atoms with van der Waals surface area (Å²) < 4.78 is 6.35. The van der Waals surface area contributed by atoms with Gasteiger partial charge in [-0.2, -0.15) is 4.98 Å². The van der Waals surface area contributed by atoms with Crippen LogP contribution >= 0.6 is 0 Å². The lowest BCUT2D eigenvalue weighted by Gasteiger charge is -1.98. The standard InChI is InChI=1S/C7H8N4O2/c1-13-7-8-2-5-6(10-7)11(4-12)3-9-5/h2-3,12H,4H2,1H3. The third kappa shape index (κ3) is 1.20. The molecule has 0 fully saturated rings. The van der Waals surface area contributed by atoms with Crippen molar-refractivity contribution in [2.24, 2.45) is 0 Å². The van der Waals surface area contributed by atoms with Crippen LogP contribution in [0.4, 0.5) is 0 Å². The molecular formula is C7H8N4O2. The highest BCUT2D eigenvalue weighted by Gasteiger charge is 2.05. The van der Waals surface area contributed by atoms with Crippen molar-refractivity contribution in [3.8, 4) is 6.01 Å². The highest BCUT2D eigenvalue weighted by molar-refractivity contribution is 5.69. The number of methoxy groups -OCH3 is 1. The van der Waals surface area contributed by atoms with Crippen molar-refractivity contribution >= 4 is 11.2 Å². The van der Waals surface area contributed by atoms with Gasteiger partial charge in [0.05, 0.1) is 19.6 Å². The second-order valence-corrected chi connectivity index (χ2v) is 2.42. The molecule has 0 unspecified atom stereocenters. The Hall–Kier alpha value is -1.69. The van der Waals surface area contributed by atoms with Gasteiger partial charge in [0, 0.05) is 0 Å². The molecular weight excluding hydrogens is 172 g/mol. The van der Waals surface area contributed by atoms with Crippen LogP contribution in [0, 0.1) is 0 Å². The average molecular weight is 180 g/mol. The minimum absolute atomic E-state index is 0.156. The number of nitrogens with zero attached hydrogens (tertiary/aromatic N) is 4. The van der Waals surface area contributed by atoms with Gasteiger partial charge in [0.15, 0.2) is 5.65 Å². The summed E-state index contributed by atoms with van der Waals surface area (Å²) >= 11 is 0. The summed E-state index contributed by atoms with van der Waals surface area (Å²) in [5.74, 6) is 0. The average Bonchev–Trinajstić information content (AvgIpc) is 2.59. The van der Waals surface area contributed by atoms with Gasteiger partial charge in [0.25, 0.3) is 0 Å². The summed E-state index contributed by atoms with van der Waals surface area (Å²) in [5.41, 5.74) is 1.20. The van der Waals surface area contributed by atoms with Crippen molar-refractivity contribution in [2.45, 2.75) is 6.73 Å².